The molecule has 0 unspecified atom stereocenters. The Kier molecular flexibility index (Phi) is 5.78. The number of aromatic nitrogens is 1. The van der Waals surface area contributed by atoms with Gasteiger partial charge in [0.25, 0.3) is 5.91 Å². The zero-order chi connectivity index (χ0) is 19.4. The van der Waals surface area contributed by atoms with Gasteiger partial charge in [-0.05, 0) is 38.4 Å². The monoisotopic (exact) mass is 385 g/mol. The molecule has 0 aliphatic carbocycles. The number of carbonyl (C=O) groups is 1. The molecule has 142 valence electrons. The summed E-state index contributed by atoms with van der Waals surface area (Å²) < 4.78 is 6.00. The summed E-state index contributed by atoms with van der Waals surface area (Å²) in [6.07, 6.45) is 0. The third kappa shape index (κ3) is 4.66. The molecule has 0 bridgehead atoms. The number of nitrogens with two attached hydrogens (primary N) is 1. The Morgan fingerprint density at radius 1 is 1.30 bits per heavy atom. The van der Waals surface area contributed by atoms with E-state index in [-0.39, 0.29) is 5.96 Å². The van der Waals surface area contributed by atoms with Crippen molar-refractivity contribution >= 4 is 34.1 Å². The summed E-state index contributed by atoms with van der Waals surface area (Å²) in [6, 6.07) is 11.7. The fourth-order valence-corrected chi connectivity index (χ4v) is 3.68. The third-order valence-electron chi connectivity index (χ3n) is 3.89. The molecule has 0 radical (unpaired) electrons. The highest BCUT2D eigenvalue weighted by atomic mass is 32.1. The van der Waals surface area contributed by atoms with Gasteiger partial charge in [0.1, 0.15) is 18.1 Å². The number of ether oxygens (including phenoxy) is 1. The largest absolute Gasteiger partial charge is 0.486 e. The van der Waals surface area contributed by atoms with Gasteiger partial charge in [-0.3, -0.25) is 4.79 Å². The highest BCUT2D eigenvalue weighted by Gasteiger charge is 2.12. The molecule has 0 saturated heterocycles. The zero-order valence-corrected chi connectivity index (χ0v) is 16.4. The highest BCUT2D eigenvalue weighted by Crippen LogP contribution is 2.28. The number of benzene rings is 1. The lowest BCUT2D eigenvalue weighted by atomic mass is 10.2. The van der Waals surface area contributed by atoms with E-state index in [9.17, 15) is 4.79 Å². The van der Waals surface area contributed by atoms with Gasteiger partial charge in [0.2, 0.25) is 0 Å². The van der Waals surface area contributed by atoms with E-state index in [0.717, 1.165) is 22.3 Å². The van der Waals surface area contributed by atoms with Gasteiger partial charge in [0.05, 0.1) is 5.52 Å². The van der Waals surface area contributed by atoms with Crippen LogP contribution in [0.2, 0.25) is 0 Å². The molecule has 0 saturated carbocycles. The molecule has 4 N–H and O–H groups in total. The molecule has 0 aliphatic rings. The summed E-state index contributed by atoms with van der Waals surface area (Å²) in [5.74, 6) is 0.330. The summed E-state index contributed by atoms with van der Waals surface area (Å²) in [7, 11) is 5.71. The highest BCUT2D eigenvalue weighted by molar-refractivity contribution is 7.11. The topological polar surface area (TPSA) is 95.7 Å². The maximum atomic E-state index is 12.2. The van der Waals surface area contributed by atoms with Crippen molar-refractivity contribution in [2.45, 2.75) is 13.2 Å². The zero-order valence-electron chi connectivity index (χ0n) is 15.6. The van der Waals surface area contributed by atoms with Crippen molar-refractivity contribution < 1.29 is 9.53 Å². The van der Waals surface area contributed by atoms with E-state index >= 15 is 0 Å². The van der Waals surface area contributed by atoms with Crippen LogP contribution in [-0.2, 0) is 13.2 Å². The molecule has 0 aliphatic heterocycles. The summed E-state index contributed by atoms with van der Waals surface area (Å²) in [6.45, 7) is 1.39. The van der Waals surface area contributed by atoms with Crippen LogP contribution in [0.1, 0.15) is 20.2 Å². The lowest BCUT2D eigenvalue weighted by Gasteiger charge is -2.07. The number of H-pyrrole nitrogens is 1. The minimum atomic E-state index is -0.435. The van der Waals surface area contributed by atoms with Crippen LogP contribution in [0.3, 0.4) is 0 Å². The fraction of sp³-hybridized carbons (Fsp3) is 0.263. The molecule has 2 aromatic heterocycles. The molecule has 0 atom stereocenters. The van der Waals surface area contributed by atoms with Crippen molar-refractivity contribution in [2.75, 3.05) is 21.1 Å². The Morgan fingerprint density at radius 3 is 2.81 bits per heavy atom. The Labute approximate surface area is 161 Å². The van der Waals surface area contributed by atoms with E-state index in [1.54, 1.807) is 24.5 Å². The van der Waals surface area contributed by atoms with Gasteiger partial charge in [-0.15, -0.1) is 11.3 Å². The number of hydrogen-bond acceptors (Lipinski definition) is 4. The van der Waals surface area contributed by atoms with Gasteiger partial charge in [-0.25, -0.2) is 0 Å². The Bertz CT molecular complexity index is 974. The summed E-state index contributed by atoms with van der Waals surface area (Å²) in [5, 5.41) is 3.51. The number of guanidine groups is 1. The molecule has 7 nitrogen and oxygen atoms in total. The number of aliphatic imine (C=N–C) groups is 1. The van der Waals surface area contributed by atoms with Crippen LogP contribution in [0.4, 0.5) is 0 Å². The fourth-order valence-electron chi connectivity index (χ4n) is 2.63. The van der Waals surface area contributed by atoms with Crippen LogP contribution in [-0.4, -0.2) is 42.9 Å². The number of nitrogens with zero attached hydrogens (tertiary/aromatic N) is 2. The smallest absolute Gasteiger partial charge is 0.296 e. The third-order valence-corrected chi connectivity index (χ3v) is 4.93. The van der Waals surface area contributed by atoms with Gasteiger partial charge in [0.15, 0.2) is 5.96 Å². The van der Waals surface area contributed by atoms with Gasteiger partial charge in [-0.1, -0.05) is 12.1 Å². The van der Waals surface area contributed by atoms with E-state index in [4.69, 9.17) is 10.5 Å². The first-order chi connectivity index (χ1) is 13.0. The second kappa shape index (κ2) is 8.24. The number of rotatable bonds is 6. The van der Waals surface area contributed by atoms with Gasteiger partial charge in [-0.2, -0.15) is 4.99 Å². The molecule has 3 rings (SSSR count). The van der Waals surface area contributed by atoms with Gasteiger partial charge >= 0.3 is 0 Å². The van der Waals surface area contributed by atoms with Crippen molar-refractivity contribution in [3.63, 3.8) is 0 Å². The van der Waals surface area contributed by atoms with Crippen LogP contribution >= 0.6 is 11.3 Å². The number of thiophene rings is 1. The predicted molar refractivity (Wildman–Crippen MR) is 109 cm³/mol. The Morgan fingerprint density at radius 2 is 2.07 bits per heavy atom. The van der Waals surface area contributed by atoms with E-state index in [0.29, 0.717) is 18.1 Å². The molecular weight excluding hydrogens is 362 g/mol. The minimum Gasteiger partial charge on any atom is -0.486 e. The first-order valence-corrected chi connectivity index (χ1v) is 9.31. The van der Waals surface area contributed by atoms with Crippen LogP contribution in [0.15, 0.2) is 41.4 Å². The molecule has 27 heavy (non-hydrogen) atoms. The Balaban J connectivity index is 1.77. The van der Waals surface area contributed by atoms with Crippen molar-refractivity contribution in [1.29, 1.82) is 0 Å². The van der Waals surface area contributed by atoms with Crippen LogP contribution < -0.4 is 15.8 Å². The van der Waals surface area contributed by atoms with Gasteiger partial charge in [0, 0.05) is 28.7 Å². The average molecular weight is 385 g/mol. The number of aromatic amines is 1. The first-order valence-electron chi connectivity index (χ1n) is 8.49. The number of fused-ring (bicyclic) bond motifs is 1. The van der Waals surface area contributed by atoms with Gasteiger partial charge < -0.3 is 25.7 Å². The standard InChI is InChI=1S/C19H23N5O2S/c1-21-19(20)23-18(25)15-9-12-5-4-6-16(17(12)22-15)26-11-14-8-7-13(27-14)10-24(2)3/h4-9,22H,10-11H2,1-3H3,(H3,20,21,23,25). The Hall–Kier alpha value is -2.84. The van der Waals surface area contributed by atoms with E-state index in [1.165, 1.54) is 4.88 Å². The van der Waals surface area contributed by atoms with Crippen molar-refractivity contribution in [2.24, 2.45) is 10.7 Å². The van der Waals surface area contributed by atoms with Crippen molar-refractivity contribution in [3.8, 4) is 5.75 Å². The second-order valence-corrected chi connectivity index (χ2v) is 7.60. The number of para-hydroxylation sites is 1. The molecule has 8 heteroatoms. The lowest BCUT2D eigenvalue weighted by molar-refractivity contribution is 0.0998. The summed E-state index contributed by atoms with van der Waals surface area (Å²) in [5.41, 5.74) is 6.69. The average Bonchev–Trinajstić information content (AvgIpc) is 3.26. The van der Waals surface area contributed by atoms with E-state index in [1.807, 2.05) is 18.2 Å². The summed E-state index contributed by atoms with van der Waals surface area (Å²) in [4.78, 5) is 23.6. The summed E-state index contributed by atoms with van der Waals surface area (Å²) >= 11 is 1.74. The van der Waals surface area contributed by atoms with Crippen LogP contribution in [0.25, 0.3) is 10.9 Å². The quantitative estimate of drug-likeness (QED) is 0.448. The molecule has 1 aromatic carbocycles. The number of hydrogen-bond donors (Lipinski definition) is 3. The van der Waals surface area contributed by atoms with Crippen molar-refractivity contribution in [1.82, 2.24) is 15.2 Å². The van der Waals surface area contributed by atoms with Crippen molar-refractivity contribution in [3.05, 3.63) is 51.8 Å². The normalized spacial score (nSPS) is 11.9. The number of nitrogens with one attached hydrogen (secondary N) is 2. The predicted octanol–water partition coefficient (Wildman–Crippen LogP) is 2.54. The molecule has 0 fully saturated rings. The van der Waals surface area contributed by atoms with Crippen LogP contribution in [0.5, 0.6) is 5.75 Å². The molecule has 0 spiro atoms. The number of amides is 1. The van der Waals surface area contributed by atoms with E-state index in [2.05, 4.69) is 46.4 Å². The first kappa shape index (κ1) is 18.9. The maximum absolute atomic E-state index is 12.2. The number of carbonyl (C=O) groups excluding carboxylic acids is 1. The molecular formula is C19H23N5O2S. The lowest BCUT2D eigenvalue weighted by Crippen LogP contribution is -2.28. The van der Waals surface area contributed by atoms with E-state index < -0.39 is 5.91 Å². The minimum absolute atomic E-state index is 0.0707. The molecule has 1 amide bonds. The van der Waals surface area contributed by atoms with Crippen LogP contribution in [0, 0.1) is 0 Å². The maximum Gasteiger partial charge on any atom is 0.296 e. The molecule has 2 heterocycles. The molecule has 3 aromatic rings. The second-order valence-electron chi connectivity index (χ2n) is 6.35. The SMILES string of the molecule is CNC(N)=NC(=O)c1cc2cccc(OCc3ccc(CN(C)C)s3)c2[nH]1.